The predicted molar refractivity (Wildman–Crippen MR) is 142 cm³/mol. The van der Waals surface area contributed by atoms with E-state index in [1.54, 1.807) is 20.8 Å². The molecule has 0 aliphatic carbocycles. The van der Waals surface area contributed by atoms with E-state index in [4.69, 9.17) is 14.2 Å². The van der Waals surface area contributed by atoms with Gasteiger partial charge in [-0.25, -0.2) is 19.6 Å². The molecule has 3 rings (SSSR count). The number of nitrogens with zero attached hydrogens (tertiary/aromatic N) is 3. The van der Waals surface area contributed by atoms with Crippen molar-refractivity contribution in [3.63, 3.8) is 0 Å². The van der Waals surface area contributed by atoms with E-state index >= 15 is 0 Å². The molecule has 1 aliphatic rings. The van der Waals surface area contributed by atoms with Crippen molar-refractivity contribution in [3.05, 3.63) is 47.8 Å². The zero-order chi connectivity index (χ0) is 27.7. The van der Waals surface area contributed by atoms with Crippen LogP contribution in [-0.2, 0) is 30.4 Å². The molecule has 1 aliphatic heterocycles. The van der Waals surface area contributed by atoms with E-state index in [1.165, 1.54) is 13.4 Å². The molecule has 0 radical (unpaired) electrons. The van der Waals surface area contributed by atoms with Gasteiger partial charge >= 0.3 is 18.0 Å². The molecule has 11 heteroatoms. The number of alkyl carbamates (subject to hydrolysis) is 1. The van der Waals surface area contributed by atoms with Crippen LogP contribution in [0.4, 0.5) is 16.4 Å². The maximum Gasteiger partial charge on any atom is 0.408 e. The van der Waals surface area contributed by atoms with Gasteiger partial charge in [0.05, 0.1) is 13.0 Å². The number of methoxy groups -OCH3 is 1. The molecule has 2 heterocycles. The monoisotopic (exact) mass is 527 g/mol. The predicted octanol–water partition coefficient (Wildman–Crippen LogP) is 3.22. The third-order valence-corrected chi connectivity index (χ3v) is 6.06. The number of hydrogen-bond donors (Lipinski definition) is 2. The lowest BCUT2D eigenvalue weighted by molar-refractivity contribution is -0.157. The molecule has 0 spiro atoms. The van der Waals surface area contributed by atoms with Gasteiger partial charge in [-0.05, 0) is 46.1 Å². The molecule has 1 aromatic heterocycles. The number of aromatic nitrogens is 2. The topological polar surface area (TPSA) is 132 Å². The average Bonchev–Trinajstić information content (AvgIpc) is 2.89. The second-order valence-electron chi connectivity index (χ2n) is 10.1. The molecule has 2 N–H and O–H groups in total. The van der Waals surface area contributed by atoms with Crippen LogP contribution in [0.2, 0.25) is 0 Å². The molecule has 206 valence electrons. The Morgan fingerprint density at radius 1 is 1.11 bits per heavy atom. The number of anilines is 2. The number of rotatable bonds is 9. The van der Waals surface area contributed by atoms with Gasteiger partial charge in [0.15, 0.2) is 0 Å². The Bertz CT molecular complexity index is 1100. The van der Waals surface area contributed by atoms with Crippen molar-refractivity contribution < 1.29 is 28.6 Å². The highest BCUT2D eigenvalue weighted by molar-refractivity contribution is 5.82. The third kappa shape index (κ3) is 8.32. The van der Waals surface area contributed by atoms with Crippen LogP contribution in [0.3, 0.4) is 0 Å². The van der Waals surface area contributed by atoms with Crippen molar-refractivity contribution in [1.82, 2.24) is 15.3 Å². The Hall–Kier alpha value is -3.89. The summed E-state index contributed by atoms with van der Waals surface area (Å²) in [7, 11) is 1.41. The summed E-state index contributed by atoms with van der Waals surface area (Å²) in [6.07, 6.45) is 2.06. The van der Waals surface area contributed by atoms with E-state index in [1.807, 2.05) is 37.3 Å². The fourth-order valence-electron chi connectivity index (χ4n) is 4.10. The molecule has 1 saturated heterocycles. The summed E-state index contributed by atoms with van der Waals surface area (Å²) in [5, 5.41) is 5.75. The lowest BCUT2D eigenvalue weighted by atomic mass is 9.97. The largest absolute Gasteiger partial charge is 0.469 e. The SMILES string of the molecule is COC(=O)C1CCN(c2ncnc(NCC(NC(=O)OCc3ccccc3)C(=O)OC(C)(C)C)c2C)CC1. The Labute approximate surface area is 223 Å². The van der Waals surface area contributed by atoms with Crippen LogP contribution in [0.25, 0.3) is 0 Å². The Morgan fingerprint density at radius 2 is 1.79 bits per heavy atom. The number of carbonyl (C=O) groups is 3. The van der Waals surface area contributed by atoms with Gasteiger partial charge in [0, 0.05) is 25.2 Å². The highest BCUT2D eigenvalue weighted by Gasteiger charge is 2.29. The minimum absolute atomic E-state index is 0.0249. The Morgan fingerprint density at radius 3 is 2.42 bits per heavy atom. The second-order valence-corrected chi connectivity index (χ2v) is 10.1. The van der Waals surface area contributed by atoms with E-state index in [9.17, 15) is 14.4 Å². The molecule has 11 nitrogen and oxygen atoms in total. The molecule has 0 bridgehead atoms. The van der Waals surface area contributed by atoms with Crippen molar-refractivity contribution in [3.8, 4) is 0 Å². The summed E-state index contributed by atoms with van der Waals surface area (Å²) in [4.78, 5) is 48.1. The summed E-state index contributed by atoms with van der Waals surface area (Å²) < 4.78 is 15.7. The first-order valence-electron chi connectivity index (χ1n) is 12.7. The van der Waals surface area contributed by atoms with Crippen molar-refractivity contribution >= 4 is 29.7 Å². The summed E-state index contributed by atoms with van der Waals surface area (Å²) >= 11 is 0. The fourth-order valence-corrected chi connectivity index (χ4v) is 4.10. The van der Waals surface area contributed by atoms with E-state index in [-0.39, 0.29) is 25.0 Å². The standard InChI is InChI=1S/C27H37N5O6/c1-18-22(29-17-30-23(18)32-13-11-20(12-14-32)24(33)36-5)28-15-21(25(34)38-27(2,3)4)31-26(35)37-16-19-9-7-6-8-10-19/h6-10,17,20-21H,11-16H2,1-5H3,(H,31,35)(H,28,29,30). The van der Waals surface area contributed by atoms with E-state index < -0.39 is 23.7 Å². The minimum atomic E-state index is -1.02. The molecule has 0 saturated carbocycles. The first-order valence-corrected chi connectivity index (χ1v) is 12.7. The maximum atomic E-state index is 12.9. The van der Waals surface area contributed by atoms with Crippen molar-refractivity contribution in [1.29, 1.82) is 0 Å². The van der Waals surface area contributed by atoms with E-state index in [0.29, 0.717) is 31.7 Å². The van der Waals surface area contributed by atoms with Crippen LogP contribution in [0.15, 0.2) is 36.7 Å². The van der Waals surface area contributed by atoms with E-state index in [0.717, 1.165) is 16.9 Å². The van der Waals surface area contributed by atoms with Gasteiger partial charge in [-0.1, -0.05) is 30.3 Å². The molecule has 38 heavy (non-hydrogen) atoms. The minimum Gasteiger partial charge on any atom is -0.469 e. The Balaban J connectivity index is 1.65. The number of ether oxygens (including phenoxy) is 3. The first kappa shape index (κ1) is 28.7. The van der Waals surface area contributed by atoms with Gasteiger partial charge in [0.2, 0.25) is 0 Å². The molecular weight excluding hydrogens is 490 g/mol. The van der Waals surface area contributed by atoms with Crippen molar-refractivity contribution in [2.45, 2.75) is 58.8 Å². The molecule has 2 aromatic rings. The number of nitrogens with one attached hydrogen (secondary N) is 2. The molecule has 1 fully saturated rings. The van der Waals surface area contributed by atoms with Crippen molar-refractivity contribution in [2.75, 3.05) is 37.0 Å². The maximum absolute atomic E-state index is 12.9. The Kier molecular flexibility index (Phi) is 9.86. The van der Waals surface area contributed by atoms with E-state index in [2.05, 4.69) is 25.5 Å². The molecule has 1 aromatic carbocycles. The van der Waals surface area contributed by atoms with Crippen LogP contribution in [0.5, 0.6) is 0 Å². The van der Waals surface area contributed by atoms with Crippen molar-refractivity contribution in [2.24, 2.45) is 5.92 Å². The average molecular weight is 528 g/mol. The quantitative estimate of drug-likeness (QED) is 0.370. The van der Waals surface area contributed by atoms with Gasteiger partial charge in [-0.3, -0.25) is 4.79 Å². The number of hydrogen-bond acceptors (Lipinski definition) is 10. The summed E-state index contributed by atoms with van der Waals surface area (Å²) in [5.74, 6) is 0.374. The summed E-state index contributed by atoms with van der Waals surface area (Å²) in [6.45, 7) is 8.57. The van der Waals surface area contributed by atoms with Gasteiger partial charge < -0.3 is 29.7 Å². The molecule has 1 unspecified atom stereocenters. The lowest BCUT2D eigenvalue weighted by Crippen LogP contribution is -2.48. The zero-order valence-electron chi connectivity index (χ0n) is 22.7. The zero-order valence-corrected chi connectivity index (χ0v) is 22.7. The number of carbonyl (C=O) groups excluding carboxylic acids is 3. The van der Waals surface area contributed by atoms with Crippen LogP contribution >= 0.6 is 0 Å². The number of piperidine rings is 1. The smallest absolute Gasteiger partial charge is 0.408 e. The van der Waals surface area contributed by atoms with Crippen LogP contribution < -0.4 is 15.5 Å². The highest BCUT2D eigenvalue weighted by Crippen LogP contribution is 2.27. The second kappa shape index (κ2) is 13.1. The number of amides is 1. The van der Waals surface area contributed by atoms with Gasteiger partial charge in [-0.2, -0.15) is 0 Å². The van der Waals surface area contributed by atoms with Crippen LogP contribution in [0.1, 0.15) is 44.7 Å². The number of benzene rings is 1. The highest BCUT2D eigenvalue weighted by atomic mass is 16.6. The summed E-state index contributed by atoms with van der Waals surface area (Å²) in [5.41, 5.74) is 0.882. The van der Waals surface area contributed by atoms with Gasteiger partial charge in [0.25, 0.3) is 0 Å². The fraction of sp³-hybridized carbons (Fsp3) is 0.519. The third-order valence-electron chi connectivity index (χ3n) is 6.06. The lowest BCUT2D eigenvalue weighted by Gasteiger charge is -2.32. The molecule has 1 atom stereocenters. The summed E-state index contributed by atoms with van der Waals surface area (Å²) in [6, 6.07) is 8.24. The van der Waals surface area contributed by atoms with Crippen LogP contribution in [-0.4, -0.2) is 66.4 Å². The first-order chi connectivity index (χ1) is 18.1. The van der Waals surface area contributed by atoms with Gasteiger partial charge in [0.1, 0.15) is 36.2 Å². The number of esters is 2. The molecule has 1 amide bonds. The van der Waals surface area contributed by atoms with Gasteiger partial charge in [-0.15, -0.1) is 0 Å². The van der Waals surface area contributed by atoms with Crippen LogP contribution in [0, 0.1) is 12.8 Å². The molecular formula is C27H37N5O6. The normalized spacial score (nSPS) is 14.8.